The van der Waals surface area contributed by atoms with Gasteiger partial charge < -0.3 is 15.8 Å². The van der Waals surface area contributed by atoms with Crippen LogP contribution in [0.2, 0.25) is 0 Å². The van der Waals surface area contributed by atoms with Crippen molar-refractivity contribution in [3.8, 4) is 11.5 Å². The monoisotopic (exact) mass is 348 g/mol. The van der Waals surface area contributed by atoms with Gasteiger partial charge in [0.25, 0.3) is 5.91 Å². The zero-order valence-corrected chi connectivity index (χ0v) is 13.3. The number of hydrogen-bond donors (Lipinski definition) is 2. The molecule has 0 fully saturated rings. The number of hydrogen-bond acceptors (Lipinski definition) is 3. The predicted octanol–water partition coefficient (Wildman–Crippen LogP) is 3.45. The zero-order chi connectivity index (χ0) is 15.2. The Morgan fingerprint density at radius 2 is 2.00 bits per heavy atom. The van der Waals surface area contributed by atoms with Crippen molar-refractivity contribution in [3.63, 3.8) is 0 Å². The van der Waals surface area contributed by atoms with Crippen LogP contribution in [0.25, 0.3) is 0 Å². The molecule has 0 saturated heterocycles. The summed E-state index contributed by atoms with van der Waals surface area (Å²) in [4.78, 5) is 11.4. The maximum absolute atomic E-state index is 11.4. The molecule has 0 aliphatic rings. The van der Waals surface area contributed by atoms with Crippen molar-refractivity contribution < 1.29 is 9.53 Å². The summed E-state index contributed by atoms with van der Waals surface area (Å²) in [7, 11) is 0. The summed E-state index contributed by atoms with van der Waals surface area (Å²) in [6, 6.07) is 12.7. The molecule has 0 heterocycles. The molecule has 5 heteroatoms. The summed E-state index contributed by atoms with van der Waals surface area (Å²) in [5.74, 6) is 0.661. The van der Waals surface area contributed by atoms with Crippen molar-refractivity contribution in [2.75, 3.05) is 6.54 Å². The fraction of sp³-hybridized carbons (Fsp3) is 0.188. The molecule has 1 amide bonds. The minimum Gasteiger partial charge on any atom is -0.456 e. The molecular weight excluding hydrogens is 332 g/mol. The first-order valence-electron chi connectivity index (χ1n) is 6.67. The molecule has 4 nitrogen and oxygen atoms in total. The van der Waals surface area contributed by atoms with E-state index < -0.39 is 5.91 Å². The second-order valence-corrected chi connectivity index (χ2v) is 5.41. The molecule has 3 N–H and O–H groups in total. The molecule has 0 saturated carbocycles. The molecule has 2 aromatic carbocycles. The molecular formula is C16H17BrN2O2. The first kappa shape index (κ1) is 15.5. The topological polar surface area (TPSA) is 64.3 Å². The quantitative estimate of drug-likeness (QED) is 0.840. The van der Waals surface area contributed by atoms with E-state index in [1.807, 2.05) is 31.2 Å². The van der Waals surface area contributed by atoms with Gasteiger partial charge in [0.15, 0.2) is 0 Å². The number of nitrogens with one attached hydrogen (secondary N) is 1. The van der Waals surface area contributed by atoms with Gasteiger partial charge in [-0.2, -0.15) is 0 Å². The highest BCUT2D eigenvalue weighted by atomic mass is 79.9. The van der Waals surface area contributed by atoms with Crippen LogP contribution >= 0.6 is 15.9 Å². The van der Waals surface area contributed by atoms with Crippen LogP contribution in [0.4, 0.5) is 0 Å². The molecule has 0 bridgehead atoms. The molecule has 0 aliphatic heterocycles. The molecule has 0 radical (unpaired) electrons. The van der Waals surface area contributed by atoms with Crippen LogP contribution in [-0.4, -0.2) is 12.5 Å². The lowest BCUT2D eigenvalue weighted by Gasteiger charge is -2.13. The van der Waals surface area contributed by atoms with Gasteiger partial charge in [0.05, 0.1) is 5.56 Å². The van der Waals surface area contributed by atoms with E-state index in [0.29, 0.717) is 23.6 Å². The molecule has 0 unspecified atom stereocenters. The lowest BCUT2D eigenvalue weighted by Crippen LogP contribution is -2.14. The van der Waals surface area contributed by atoms with Crippen LogP contribution in [0.5, 0.6) is 11.5 Å². The van der Waals surface area contributed by atoms with E-state index in [1.54, 1.807) is 18.2 Å². The first-order valence-corrected chi connectivity index (χ1v) is 7.47. The van der Waals surface area contributed by atoms with Gasteiger partial charge in [-0.05, 0) is 36.9 Å². The summed E-state index contributed by atoms with van der Waals surface area (Å²) >= 11 is 3.45. The van der Waals surface area contributed by atoms with Crippen molar-refractivity contribution in [1.82, 2.24) is 5.32 Å². The van der Waals surface area contributed by atoms with E-state index in [4.69, 9.17) is 10.5 Å². The largest absolute Gasteiger partial charge is 0.456 e. The van der Waals surface area contributed by atoms with Gasteiger partial charge in [0.2, 0.25) is 0 Å². The van der Waals surface area contributed by atoms with Gasteiger partial charge >= 0.3 is 0 Å². The lowest BCUT2D eigenvalue weighted by molar-refractivity contribution is 0.0998. The third-order valence-corrected chi connectivity index (χ3v) is 3.45. The highest BCUT2D eigenvalue weighted by Gasteiger charge is 2.11. The van der Waals surface area contributed by atoms with E-state index in [0.717, 1.165) is 16.6 Å². The summed E-state index contributed by atoms with van der Waals surface area (Å²) in [5.41, 5.74) is 6.75. The van der Waals surface area contributed by atoms with Crippen molar-refractivity contribution in [2.45, 2.75) is 13.5 Å². The van der Waals surface area contributed by atoms with Crippen LogP contribution in [-0.2, 0) is 6.54 Å². The Kier molecular flexibility index (Phi) is 5.36. The molecule has 0 atom stereocenters. The van der Waals surface area contributed by atoms with Gasteiger partial charge in [-0.3, -0.25) is 4.79 Å². The number of carbonyl (C=O) groups is 1. The fourth-order valence-electron chi connectivity index (χ4n) is 1.92. The smallest absolute Gasteiger partial charge is 0.252 e. The van der Waals surface area contributed by atoms with Gasteiger partial charge in [0.1, 0.15) is 11.5 Å². The molecule has 0 aromatic heterocycles. The molecule has 2 aromatic rings. The Morgan fingerprint density at radius 1 is 1.24 bits per heavy atom. The van der Waals surface area contributed by atoms with Crippen LogP contribution in [0, 0.1) is 0 Å². The Labute approximate surface area is 132 Å². The summed E-state index contributed by atoms with van der Waals surface area (Å²) in [5, 5.41) is 3.26. The Hall–Kier alpha value is -1.85. The maximum atomic E-state index is 11.4. The Morgan fingerprint density at radius 3 is 2.71 bits per heavy atom. The van der Waals surface area contributed by atoms with Crippen LogP contribution < -0.4 is 15.8 Å². The number of carbonyl (C=O) groups excluding carboxylic acids is 1. The van der Waals surface area contributed by atoms with E-state index in [9.17, 15) is 4.79 Å². The number of amides is 1. The minimum absolute atomic E-state index is 0.370. The third-order valence-electron chi connectivity index (χ3n) is 2.96. The van der Waals surface area contributed by atoms with Crippen LogP contribution in [0.1, 0.15) is 22.8 Å². The third kappa shape index (κ3) is 4.06. The maximum Gasteiger partial charge on any atom is 0.252 e. The highest BCUT2D eigenvalue weighted by Crippen LogP contribution is 2.30. The summed E-state index contributed by atoms with van der Waals surface area (Å²) < 4.78 is 6.87. The van der Waals surface area contributed by atoms with E-state index >= 15 is 0 Å². The number of rotatable bonds is 6. The Balaban J connectivity index is 2.33. The standard InChI is InChI=1S/C16H17BrN2O2/c1-2-19-10-11-9-12(17)7-8-14(11)21-15-6-4-3-5-13(15)16(18)20/h3-9,19H,2,10H2,1H3,(H2,18,20). The van der Waals surface area contributed by atoms with Gasteiger partial charge in [-0.25, -0.2) is 0 Å². The van der Waals surface area contributed by atoms with Crippen LogP contribution in [0.3, 0.4) is 0 Å². The van der Waals surface area contributed by atoms with Crippen molar-refractivity contribution >= 4 is 21.8 Å². The lowest BCUT2D eigenvalue weighted by atomic mass is 10.1. The van der Waals surface area contributed by atoms with Gasteiger partial charge in [-0.1, -0.05) is 35.0 Å². The molecule has 21 heavy (non-hydrogen) atoms. The van der Waals surface area contributed by atoms with Gasteiger partial charge in [-0.15, -0.1) is 0 Å². The van der Waals surface area contributed by atoms with E-state index in [-0.39, 0.29) is 0 Å². The van der Waals surface area contributed by atoms with Gasteiger partial charge in [0, 0.05) is 16.6 Å². The number of para-hydroxylation sites is 1. The van der Waals surface area contributed by atoms with Crippen molar-refractivity contribution in [2.24, 2.45) is 5.73 Å². The van der Waals surface area contributed by atoms with Crippen molar-refractivity contribution in [1.29, 1.82) is 0 Å². The fourth-order valence-corrected chi connectivity index (χ4v) is 2.33. The van der Waals surface area contributed by atoms with Crippen LogP contribution in [0.15, 0.2) is 46.9 Å². The first-order chi connectivity index (χ1) is 10.1. The normalized spacial score (nSPS) is 10.4. The second-order valence-electron chi connectivity index (χ2n) is 4.49. The summed E-state index contributed by atoms with van der Waals surface area (Å²) in [6.45, 7) is 3.59. The van der Waals surface area contributed by atoms with Crippen molar-refractivity contribution in [3.05, 3.63) is 58.1 Å². The van der Waals surface area contributed by atoms with E-state index in [1.165, 1.54) is 0 Å². The number of nitrogens with two attached hydrogens (primary N) is 1. The summed E-state index contributed by atoms with van der Waals surface area (Å²) in [6.07, 6.45) is 0. The zero-order valence-electron chi connectivity index (χ0n) is 11.7. The predicted molar refractivity (Wildman–Crippen MR) is 86.6 cm³/mol. The Bertz CT molecular complexity index is 644. The van der Waals surface area contributed by atoms with E-state index in [2.05, 4.69) is 21.2 Å². The number of halogens is 1. The molecule has 2 rings (SSSR count). The molecule has 0 spiro atoms. The average molecular weight is 349 g/mol. The molecule has 110 valence electrons. The second kappa shape index (κ2) is 7.24. The average Bonchev–Trinajstić information content (AvgIpc) is 2.47. The SMILES string of the molecule is CCNCc1cc(Br)ccc1Oc1ccccc1C(N)=O. The highest BCUT2D eigenvalue weighted by molar-refractivity contribution is 9.10. The number of primary amides is 1. The number of ether oxygens (including phenoxy) is 1. The molecule has 0 aliphatic carbocycles. The number of benzene rings is 2. The minimum atomic E-state index is -0.504.